The molecule has 0 nitrogen and oxygen atoms in total. The van der Waals surface area contributed by atoms with Crippen LogP contribution < -0.4 is 0 Å². The SMILES string of the molecule is Cc1cc([C]2CC2)ccc1F. The van der Waals surface area contributed by atoms with Gasteiger partial charge >= 0.3 is 0 Å². The molecule has 11 heavy (non-hydrogen) atoms. The van der Waals surface area contributed by atoms with Gasteiger partial charge < -0.3 is 0 Å². The Balaban J connectivity index is 2.36. The van der Waals surface area contributed by atoms with Crippen LogP contribution in [0, 0.1) is 18.7 Å². The van der Waals surface area contributed by atoms with Crippen LogP contribution >= 0.6 is 0 Å². The van der Waals surface area contributed by atoms with E-state index in [2.05, 4.69) is 0 Å². The lowest BCUT2D eigenvalue weighted by Gasteiger charge is -1.99. The molecule has 0 bridgehead atoms. The molecule has 0 unspecified atom stereocenters. The molecule has 2 rings (SSSR count). The minimum atomic E-state index is -0.102. The normalized spacial score (nSPS) is 16.9. The molecule has 1 fully saturated rings. The Morgan fingerprint density at radius 1 is 1.27 bits per heavy atom. The fourth-order valence-corrected chi connectivity index (χ4v) is 1.22. The second kappa shape index (κ2) is 2.33. The maximum atomic E-state index is 12.8. The van der Waals surface area contributed by atoms with Crippen LogP contribution in [-0.4, -0.2) is 0 Å². The van der Waals surface area contributed by atoms with Crippen molar-refractivity contribution >= 4 is 0 Å². The molecule has 57 valence electrons. The lowest BCUT2D eigenvalue weighted by atomic mass is 10.1. The van der Waals surface area contributed by atoms with Crippen molar-refractivity contribution in [2.24, 2.45) is 0 Å². The summed E-state index contributed by atoms with van der Waals surface area (Å²) in [6.45, 7) is 1.81. The van der Waals surface area contributed by atoms with Crippen molar-refractivity contribution in [3.63, 3.8) is 0 Å². The van der Waals surface area contributed by atoms with Crippen LogP contribution in [0.4, 0.5) is 4.39 Å². The molecule has 0 aliphatic heterocycles. The molecular formula is C10H10F. The van der Waals surface area contributed by atoms with Gasteiger partial charge in [0.05, 0.1) is 0 Å². The van der Waals surface area contributed by atoms with Gasteiger partial charge in [0.1, 0.15) is 5.82 Å². The highest BCUT2D eigenvalue weighted by atomic mass is 19.1. The zero-order valence-corrected chi connectivity index (χ0v) is 6.52. The highest BCUT2D eigenvalue weighted by Crippen LogP contribution is 2.39. The molecule has 0 N–H and O–H groups in total. The van der Waals surface area contributed by atoms with Crippen LogP contribution in [0.5, 0.6) is 0 Å². The first-order valence-electron chi connectivity index (χ1n) is 3.88. The van der Waals surface area contributed by atoms with Crippen molar-refractivity contribution in [2.45, 2.75) is 19.8 Å². The summed E-state index contributed by atoms with van der Waals surface area (Å²) in [5.41, 5.74) is 1.98. The zero-order chi connectivity index (χ0) is 7.84. The van der Waals surface area contributed by atoms with Gasteiger partial charge in [-0.25, -0.2) is 4.39 Å². The molecule has 1 saturated carbocycles. The van der Waals surface area contributed by atoms with E-state index in [0.717, 1.165) is 5.56 Å². The van der Waals surface area contributed by atoms with Crippen LogP contribution in [0.15, 0.2) is 18.2 Å². The van der Waals surface area contributed by atoms with Crippen LogP contribution in [-0.2, 0) is 0 Å². The standard InChI is InChI=1S/C10H10F/c1-7-6-9(8-2-3-8)4-5-10(7)11/h4-6H,2-3H2,1H3. The lowest BCUT2D eigenvalue weighted by molar-refractivity contribution is 0.618. The van der Waals surface area contributed by atoms with Crippen LogP contribution in [0.1, 0.15) is 24.0 Å². The Hall–Kier alpha value is -0.850. The first-order chi connectivity index (χ1) is 5.27. The lowest BCUT2D eigenvalue weighted by Crippen LogP contribution is -1.85. The first-order valence-corrected chi connectivity index (χ1v) is 3.88. The monoisotopic (exact) mass is 149 g/mol. The molecule has 0 spiro atoms. The van der Waals surface area contributed by atoms with Gasteiger partial charge in [0.15, 0.2) is 0 Å². The minimum Gasteiger partial charge on any atom is -0.207 e. The molecule has 1 aromatic rings. The molecule has 1 radical (unpaired) electrons. The molecule has 1 aromatic carbocycles. The molecule has 1 aliphatic rings. The fraction of sp³-hybridized carbons (Fsp3) is 0.300. The van der Waals surface area contributed by atoms with Crippen molar-refractivity contribution < 1.29 is 4.39 Å². The second-order valence-corrected chi connectivity index (χ2v) is 3.07. The largest absolute Gasteiger partial charge is 0.207 e. The van der Waals surface area contributed by atoms with Crippen molar-refractivity contribution in [1.82, 2.24) is 0 Å². The Morgan fingerprint density at radius 3 is 2.55 bits per heavy atom. The minimum absolute atomic E-state index is 0.102. The highest BCUT2D eigenvalue weighted by Gasteiger charge is 2.24. The molecule has 0 saturated heterocycles. The van der Waals surface area contributed by atoms with E-state index < -0.39 is 0 Å². The Morgan fingerprint density at radius 2 is 2.00 bits per heavy atom. The molecule has 1 aliphatic carbocycles. The van der Waals surface area contributed by atoms with E-state index >= 15 is 0 Å². The quantitative estimate of drug-likeness (QED) is 0.576. The fourth-order valence-electron chi connectivity index (χ4n) is 1.22. The molecule has 1 heteroatoms. The van der Waals surface area contributed by atoms with Gasteiger partial charge in [0.25, 0.3) is 0 Å². The van der Waals surface area contributed by atoms with E-state index in [0.29, 0.717) is 0 Å². The molecular weight excluding hydrogens is 139 g/mol. The van der Waals surface area contributed by atoms with E-state index in [1.54, 1.807) is 6.07 Å². The Kier molecular flexibility index (Phi) is 1.45. The third-order valence-corrected chi connectivity index (χ3v) is 2.07. The summed E-state index contributed by atoms with van der Waals surface area (Å²) in [4.78, 5) is 0. The second-order valence-electron chi connectivity index (χ2n) is 3.07. The van der Waals surface area contributed by atoms with Crippen LogP contribution in [0.2, 0.25) is 0 Å². The third-order valence-electron chi connectivity index (χ3n) is 2.07. The number of rotatable bonds is 1. The average Bonchev–Trinajstić information content (AvgIpc) is 2.77. The number of hydrogen-bond acceptors (Lipinski definition) is 0. The van der Waals surface area contributed by atoms with Gasteiger partial charge in [-0.1, -0.05) is 12.1 Å². The zero-order valence-electron chi connectivity index (χ0n) is 6.52. The van der Waals surface area contributed by atoms with E-state index in [4.69, 9.17) is 0 Å². The predicted octanol–water partition coefficient (Wildman–Crippen LogP) is 2.85. The molecule has 0 atom stereocenters. The highest BCUT2D eigenvalue weighted by molar-refractivity contribution is 5.39. The van der Waals surface area contributed by atoms with Crippen molar-refractivity contribution in [3.05, 3.63) is 41.1 Å². The molecule has 0 heterocycles. The van der Waals surface area contributed by atoms with E-state index in [-0.39, 0.29) is 5.82 Å². The Bertz CT molecular complexity index is 274. The van der Waals surface area contributed by atoms with Gasteiger partial charge in [0.2, 0.25) is 0 Å². The van der Waals surface area contributed by atoms with Crippen LogP contribution in [0.25, 0.3) is 0 Å². The van der Waals surface area contributed by atoms with E-state index in [1.165, 1.54) is 24.3 Å². The van der Waals surface area contributed by atoms with Gasteiger partial charge in [0, 0.05) is 5.92 Å². The Labute approximate surface area is 66.1 Å². The van der Waals surface area contributed by atoms with Crippen LogP contribution in [0.3, 0.4) is 0 Å². The first kappa shape index (κ1) is 6.84. The van der Waals surface area contributed by atoms with Gasteiger partial charge in [-0.2, -0.15) is 0 Å². The average molecular weight is 149 g/mol. The number of benzene rings is 1. The smallest absolute Gasteiger partial charge is 0.126 e. The number of aryl methyl sites for hydroxylation is 1. The molecule has 0 amide bonds. The van der Waals surface area contributed by atoms with E-state index in [1.807, 2.05) is 19.1 Å². The van der Waals surface area contributed by atoms with Gasteiger partial charge in [-0.3, -0.25) is 0 Å². The summed E-state index contributed by atoms with van der Waals surface area (Å²) in [6, 6.07) is 5.35. The summed E-state index contributed by atoms with van der Waals surface area (Å²) in [6.07, 6.45) is 2.40. The number of hydrogen-bond donors (Lipinski definition) is 0. The van der Waals surface area contributed by atoms with E-state index in [9.17, 15) is 4.39 Å². The summed E-state index contributed by atoms with van der Waals surface area (Å²) in [5.74, 6) is 1.36. The van der Waals surface area contributed by atoms with Gasteiger partial charge in [-0.15, -0.1) is 0 Å². The van der Waals surface area contributed by atoms with Crippen molar-refractivity contribution in [2.75, 3.05) is 0 Å². The molecule has 0 aromatic heterocycles. The maximum Gasteiger partial charge on any atom is 0.126 e. The summed E-state index contributed by atoms with van der Waals surface area (Å²) >= 11 is 0. The topological polar surface area (TPSA) is 0 Å². The maximum absolute atomic E-state index is 12.8. The third kappa shape index (κ3) is 1.28. The van der Waals surface area contributed by atoms with Crippen molar-refractivity contribution in [3.8, 4) is 0 Å². The summed E-state index contributed by atoms with van der Waals surface area (Å²) in [5, 5.41) is 0. The summed E-state index contributed by atoms with van der Waals surface area (Å²) < 4.78 is 12.8. The van der Waals surface area contributed by atoms with Gasteiger partial charge in [-0.05, 0) is 37.0 Å². The summed E-state index contributed by atoms with van der Waals surface area (Å²) in [7, 11) is 0. The van der Waals surface area contributed by atoms with Crippen molar-refractivity contribution in [1.29, 1.82) is 0 Å². The number of halogens is 1. The predicted molar refractivity (Wildman–Crippen MR) is 42.7 cm³/mol.